The molecule has 1 aromatic heterocycles. The Bertz CT molecular complexity index is 1600. The van der Waals surface area contributed by atoms with E-state index in [4.69, 9.17) is 10.2 Å². The number of carbonyl (C=O) groups excluding carboxylic acids is 3. The summed E-state index contributed by atoms with van der Waals surface area (Å²) in [6, 6.07) is 16.6. The molecule has 3 N–H and O–H groups in total. The second-order valence-electron chi connectivity index (χ2n) is 10.7. The van der Waals surface area contributed by atoms with Gasteiger partial charge in [0, 0.05) is 30.0 Å². The topological polar surface area (TPSA) is 102 Å². The van der Waals surface area contributed by atoms with Crippen molar-refractivity contribution in [3.63, 3.8) is 0 Å². The van der Waals surface area contributed by atoms with Crippen LogP contribution in [0, 0.1) is 17.2 Å². The molecule has 192 valence electrons. The molecule has 1 heterocycles. The number of furan rings is 1. The van der Waals surface area contributed by atoms with E-state index < -0.39 is 11.7 Å². The number of benzene rings is 3. The zero-order valence-electron chi connectivity index (χ0n) is 21.0. The molecule has 2 bridgehead atoms. The number of carbonyl (C=O) groups is 3. The predicted molar refractivity (Wildman–Crippen MR) is 142 cm³/mol. The van der Waals surface area contributed by atoms with E-state index in [1.807, 2.05) is 24.3 Å². The van der Waals surface area contributed by atoms with Gasteiger partial charge in [0.15, 0.2) is 5.78 Å². The second kappa shape index (κ2) is 8.94. The molecule has 3 aliphatic rings. The van der Waals surface area contributed by atoms with E-state index in [9.17, 15) is 18.8 Å². The normalized spacial score (nSPS) is 19.5. The van der Waals surface area contributed by atoms with Crippen LogP contribution in [0.5, 0.6) is 0 Å². The molecule has 0 atom stereocenters. The maximum absolute atomic E-state index is 13.6. The lowest BCUT2D eigenvalue weighted by molar-refractivity contribution is -0.117. The van der Waals surface area contributed by atoms with Gasteiger partial charge in [0.1, 0.15) is 17.2 Å². The van der Waals surface area contributed by atoms with Crippen LogP contribution in [0.3, 0.4) is 0 Å². The Morgan fingerprint density at radius 2 is 1.76 bits per heavy atom. The number of fused-ring (bicyclic) bond motifs is 1. The average molecular weight is 511 g/mol. The summed E-state index contributed by atoms with van der Waals surface area (Å²) in [6.07, 6.45) is 3.96. The predicted octanol–water partition coefficient (Wildman–Crippen LogP) is 5.67. The molecular weight excluding hydrogens is 483 g/mol. The molecule has 3 aliphatic carbocycles. The lowest BCUT2D eigenvalue weighted by atomic mass is 9.43. The minimum Gasteiger partial charge on any atom is -0.455 e. The lowest BCUT2D eigenvalue weighted by Gasteiger charge is -2.62. The van der Waals surface area contributed by atoms with E-state index in [0.29, 0.717) is 51.0 Å². The van der Waals surface area contributed by atoms with Gasteiger partial charge in [0.05, 0.1) is 12.0 Å². The minimum atomic E-state index is -0.515. The van der Waals surface area contributed by atoms with Gasteiger partial charge in [0.2, 0.25) is 5.91 Å². The molecule has 0 aliphatic heterocycles. The summed E-state index contributed by atoms with van der Waals surface area (Å²) in [5, 5.41) is 3.20. The lowest BCUT2D eigenvalue weighted by Crippen LogP contribution is -2.52. The molecule has 7 heteroatoms. The number of rotatable bonds is 8. The van der Waals surface area contributed by atoms with Crippen LogP contribution in [0.4, 0.5) is 4.39 Å². The first-order valence-electron chi connectivity index (χ1n) is 12.7. The highest BCUT2D eigenvalue weighted by Gasteiger charge is 2.56. The first-order chi connectivity index (χ1) is 18.2. The number of hydrogen-bond acceptors (Lipinski definition) is 4. The third kappa shape index (κ3) is 4.08. The van der Waals surface area contributed by atoms with Crippen molar-refractivity contribution in [1.82, 2.24) is 5.32 Å². The number of hydrogen-bond donors (Lipinski definition) is 2. The van der Waals surface area contributed by atoms with Crippen molar-refractivity contribution in [1.29, 1.82) is 0 Å². The molecular formula is C31H27FN2O4. The van der Waals surface area contributed by atoms with Crippen molar-refractivity contribution in [3.05, 3.63) is 83.2 Å². The van der Waals surface area contributed by atoms with Crippen LogP contribution < -0.4 is 11.1 Å². The fourth-order valence-corrected chi connectivity index (χ4v) is 6.12. The van der Waals surface area contributed by atoms with Crippen LogP contribution in [0.1, 0.15) is 52.0 Å². The summed E-state index contributed by atoms with van der Waals surface area (Å²) >= 11 is 0. The molecule has 3 aromatic carbocycles. The van der Waals surface area contributed by atoms with E-state index in [-0.39, 0.29) is 23.5 Å². The van der Waals surface area contributed by atoms with Crippen molar-refractivity contribution in [3.8, 4) is 22.5 Å². The van der Waals surface area contributed by atoms with Crippen molar-refractivity contribution in [2.45, 2.75) is 32.1 Å². The highest BCUT2D eigenvalue weighted by Crippen LogP contribution is 2.66. The van der Waals surface area contributed by atoms with E-state index in [1.165, 1.54) is 19.2 Å². The van der Waals surface area contributed by atoms with Gasteiger partial charge in [-0.2, -0.15) is 0 Å². The highest BCUT2D eigenvalue weighted by molar-refractivity contribution is 6.12. The Morgan fingerprint density at radius 3 is 2.39 bits per heavy atom. The molecule has 0 spiro atoms. The van der Waals surface area contributed by atoms with Crippen molar-refractivity contribution in [2.24, 2.45) is 17.1 Å². The van der Waals surface area contributed by atoms with Crippen molar-refractivity contribution >= 4 is 28.6 Å². The number of Topliss-reactive ketones (excluding diaryl/α,β-unsaturated/α-hetero) is 1. The number of ketones is 1. The number of nitrogens with two attached hydrogens (primary N) is 1. The Morgan fingerprint density at radius 1 is 1.03 bits per heavy atom. The maximum Gasteiger partial charge on any atom is 0.255 e. The first-order valence-corrected chi connectivity index (χ1v) is 12.7. The monoisotopic (exact) mass is 510 g/mol. The molecule has 3 saturated carbocycles. The van der Waals surface area contributed by atoms with Crippen LogP contribution in [-0.4, -0.2) is 24.6 Å². The molecule has 0 saturated heterocycles. The Balaban J connectivity index is 1.48. The van der Waals surface area contributed by atoms with Crippen molar-refractivity contribution < 1.29 is 23.2 Å². The number of amides is 2. The quantitative estimate of drug-likeness (QED) is 0.298. The van der Waals surface area contributed by atoms with Gasteiger partial charge in [0.25, 0.3) is 5.91 Å². The Labute approximate surface area is 219 Å². The molecule has 4 aromatic rings. The number of halogens is 1. The zero-order valence-corrected chi connectivity index (χ0v) is 21.0. The third-order valence-electron chi connectivity index (χ3n) is 8.04. The van der Waals surface area contributed by atoms with Crippen molar-refractivity contribution in [2.75, 3.05) is 7.05 Å². The molecule has 0 unspecified atom stereocenters. The van der Waals surface area contributed by atoms with Gasteiger partial charge in [-0.1, -0.05) is 18.2 Å². The van der Waals surface area contributed by atoms with Gasteiger partial charge in [-0.3, -0.25) is 14.4 Å². The SMILES string of the molecule is CNC(=O)c1c(-c2ccc(F)cc2)oc2cc(CC(N)=O)c(-c3cccc(C(=O)CC45CC(C4)C5)c3)cc12. The number of nitrogens with one attached hydrogen (secondary N) is 1. The summed E-state index contributed by atoms with van der Waals surface area (Å²) in [4.78, 5) is 38.1. The molecule has 38 heavy (non-hydrogen) atoms. The van der Waals surface area contributed by atoms with E-state index in [0.717, 1.165) is 30.7 Å². The summed E-state index contributed by atoms with van der Waals surface area (Å²) in [6.45, 7) is 0. The van der Waals surface area contributed by atoms with Crippen LogP contribution in [0.25, 0.3) is 33.4 Å². The Kier molecular flexibility index (Phi) is 5.67. The first kappa shape index (κ1) is 24.1. The second-order valence-corrected chi connectivity index (χ2v) is 10.7. The highest BCUT2D eigenvalue weighted by atomic mass is 19.1. The maximum atomic E-state index is 13.6. The summed E-state index contributed by atoms with van der Waals surface area (Å²) < 4.78 is 19.7. The molecule has 7 rings (SSSR count). The molecule has 0 radical (unpaired) electrons. The van der Waals surface area contributed by atoms with Gasteiger partial charge < -0.3 is 15.5 Å². The van der Waals surface area contributed by atoms with Crippen LogP contribution >= 0.6 is 0 Å². The van der Waals surface area contributed by atoms with Crippen LogP contribution in [-0.2, 0) is 11.2 Å². The van der Waals surface area contributed by atoms with Gasteiger partial charge >= 0.3 is 0 Å². The standard InChI is InChI=1S/C31H27FN2O4/c1-34-30(37)28-24-12-23(19-3-2-4-20(9-19)25(35)16-31-13-17(14-31)15-31)21(11-27(33)36)10-26(24)38-29(28)18-5-7-22(32)8-6-18/h2-10,12,17H,11,13-16H2,1H3,(H2,33,36)(H,34,37). The molecule has 6 nitrogen and oxygen atoms in total. The van der Waals surface area contributed by atoms with E-state index >= 15 is 0 Å². The summed E-state index contributed by atoms with van der Waals surface area (Å²) in [5.74, 6) is -0.0562. The average Bonchev–Trinajstić information content (AvgIpc) is 3.22. The molecule has 3 fully saturated rings. The van der Waals surface area contributed by atoms with Crippen LogP contribution in [0.2, 0.25) is 0 Å². The smallest absolute Gasteiger partial charge is 0.255 e. The fraction of sp³-hybridized carbons (Fsp3) is 0.258. The zero-order chi connectivity index (χ0) is 26.6. The van der Waals surface area contributed by atoms with Gasteiger partial charge in [-0.05, 0) is 89.8 Å². The van der Waals surface area contributed by atoms with E-state index in [2.05, 4.69) is 5.32 Å². The minimum absolute atomic E-state index is 0.0458. The Hall–Kier alpha value is -4.26. The number of primary amides is 1. The van der Waals surface area contributed by atoms with E-state index in [1.54, 1.807) is 24.3 Å². The van der Waals surface area contributed by atoms with Gasteiger partial charge in [-0.25, -0.2) is 4.39 Å². The van der Waals surface area contributed by atoms with Crippen LogP contribution in [0.15, 0.2) is 65.1 Å². The summed E-state index contributed by atoms with van der Waals surface area (Å²) in [5.41, 5.74) is 9.71. The summed E-state index contributed by atoms with van der Waals surface area (Å²) in [7, 11) is 1.53. The largest absolute Gasteiger partial charge is 0.455 e. The van der Waals surface area contributed by atoms with Gasteiger partial charge in [-0.15, -0.1) is 0 Å². The fourth-order valence-electron chi connectivity index (χ4n) is 6.12. The molecule has 2 amide bonds. The third-order valence-corrected chi connectivity index (χ3v) is 8.04.